The minimum absolute atomic E-state index is 0.115. The maximum absolute atomic E-state index is 11.9. The van der Waals surface area contributed by atoms with E-state index >= 15 is 0 Å². The van der Waals surface area contributed by atoms with Crippen molar-refractivity contribution in [2.45, 2.75) is 45.1 Å². The lowest BCUT2D eigenvalue weighted by Crippen LogP contribution is -2.18. The van der Waals surface area contributed by atoms with Gasteiger partial charge in [0, 0.05) is 19.2 Å². The van der Waals surface area contributed by atoms with Crippen molar-refractivity contribution in [3.8, 4) is 0 Å². The highest BCUT2D eigenvalue weighted by Gasteiger charge is 2.16. The van der Waals surface area contributed by atoms with E-state index in [9.17, 15) is 4.79 Å². The molecular formula is C15H26N4O. The van der Waals surface area contributed by atoms with Gasteiger partial charge in [-0.05, 0) is 26.4 Å². The van der Waals surface area contributed by atoms with E-state index in [1.54, 1.807) is 6.20 Å². The number of amides is 1. The molecule has 1 aromatic rings. The molecule has 112 valence electrons. The maximum atomic E-state index is 11.9. The number of rotatable bonds is 7. The molecular weight excluding hydrogens is 252 g/mol. The Bertz CT molecular complexity index is 421. The van der Waals surface area contributed by atoms with Crippen LogP contribution in [0.3, 0.4) is 0 Å². The van der Waals surface area contributed by atoms with Crippen molar-refractivity contribution in [3.05, 3.63) is 12.4 Å². The standard InChI is InChI=1S/C15H26N4O/c1-18(2)9-10-19-12-14(11-16-19)17-15(20)8-7-13-5-3-4-6-13/h11-13H,3-10H2,1-2H3,(H,17,20). The van der Waals surface area contributed by atoms with Crippen molar-refractivity contribution in [2.24, 2.45) is 5.92 Å². The zero-order valence-corrected chi connectivity index (χ0v) is 12.6. The molecule has 1 amide bonds. The Labute approximate surface area is 121 Å². The Kier molecular flexibility index (Phi) is 5.59. The summed E-state index contributed by atoms with van der Waals surface area (Å²) in [4.78, 5) is 14.0. The fourth-order valence-corrected chi connectivity index (χ4v) is 2.71. The predicted molar refractivity (Wildman–Crippen MR) is 80.6 cm³/mol. The molecule has 5 heteroatoms. The van der Waals surface area contributed by atoms with Gasteiger partial charge in [0.2, 0.25) is 5.91 Å². The summed E-state index contributed by atoms with van der Waals surface area (Å²) < 4.78 is 1.87. The molecule has 0 aliphatic heterocycles. The zero-order chi connectivity index (χ0) is 14.4. The molecule has 0 aromatic carbocycles. The van der Waals surface area contributed by atoms with E-state index in [1.807, 2.05) is 25.0 Å². The average Bonchev–Trinajstić information content (AvgIpc) is 3.05. The summed E-state index contributed by atoms with van der Waals surface area (Å²) in [5, 5.41) is 7.19. The van der Waals surface area contributed by atoms with Crippen molar-refractivity contribution in [3.63, 3.8) is 0 Å². The second kappa shape index (κ2) is 7.43. The van der Waals surface area contributed by atoms with Crippen LogP contribution in [0.5, 0.6) is 0 Å². The second-order valence-electron chi connectivity index (χ2n) is 6.03. The number of nitrogens with zero attached hydrogens (tertiary/aromatic N) is 3. The molecule has 1 aliphatic carbocycles. The molecule has 0 bridgehead atoms. The van der Waals surface area contributed by atoms with Crippen molar-refractivity contribution in [2.75, 3.05) is 26.0 Å². The van der Waals surface area contributed by atoms with Gasteiger partial charge in [0.05, 0.1) is 18.4 Å². The van der Waals surface area contributed by atoms with E-state index in [2.05, 4.69) is 15.3 Å². The Morgan fingerprint density at radius 1 is 1.45 bits per heavy atom. The van der Waals surface area contributed by atoms with E-state index in [1.165, 1.54) is 25.7 Å². The second-order valence-corrected chi connectivity index (χ2v) is 6.03. The van der Waals surface area contributed by atoms with Gasteiger partial charge < -0.3 is 10.2 Å². The van der Waals surface area contributed by atoms with Gasteiger partial charge in [-0.3, -0.25) is 9.48 Å². The Balaban J connectivity index is 1.70. The first-order valence-electron chi connectivity index (χ1n) is 7.60. The topological polar surface area (TPSA) is 50.2 Å². The lowest BCUT2D eigenvalue weighted by Gasteiger charge is -2.09. The fourth-order valence-electron chi connectivity index (χ4n) is 2.71. The van der Waals surface area contributed by atoms with Gasteiger partial charge in [-0.15, -0.1) is 0 Å². The Morgan fingerprint density at radius 2 is 2.20 bits per heavy atom. The van der Waals surface area contributed by atoms with Crippen molar-refractivity contribution in [1.82, 2.24) is 14.7 Å². The van der Waals surface area contributed by atoms with Crippen LogP contribution in [0.1, 0.15) is 38.5 Å². The average molecular weight is 278 g/mol. The summed E-state index contributed by atoms with van der Waals surface area (Å²) in [6.45, 7) is 1.78. The number of aromatic nitrogens is 2. The van der Waals surface area contributed by atoms with Crippen molar-refractivity contribution in [1.29, 1.82) is 0 Å². The van der Waals surface area contributed by atoms with Crippen molar-refractivity contribution >= 4 is 11.6 Å². The van der Waals surface area contributed by atoms with Gasteiger partial charge in [0.25, 0.3) is 0 Å². The maximum Gasteiger partial charge on any atom is 0.224 e. The SMILES string of the molecule is CN(C)CCn1cc(NC(=O)CCC2CCCC2)cn1. The van der Waals surface area contributed by atoms with Crippen LogP contribution in [0.2, 0.25) is 0 Å². The summed E-state index contributed by atoms with van der Waals surface area (Å²) in [5.41, 5.74) is 0.806. The molecule has 1 aliphatic rings. The first kappa shape index (κ1) is 15.0. The number of hydrogen-bond acceptors (Lipinski definition) is 3. The summed E-state index contributed by atoms with van der Waals surface area (Å²) in [6.07, 6.45) is 10.6. The monoisotopic (exact) mass is 278 g/mol. The minimum atomic E-state index is 0.115. The fraction of sp³-hybridized carbons (Fsp3) is 0.733. The van der Waals surface area contributed by atoms with Gasteiger partial charge in [0.15, 0.2) is 0 Å². The van der Waals surface area contributed by atoms with Gasteiger partial charge in [0.1, 0.15) is 0 Å². The lowest BCUT2D eigenvalue weighted by atomic mass is 10.0. The molecule has 1 heterocycles. The van der Waals surface area contributed by atoms with Crippen molar-refractivity contribution < 1.29 is 4.79 Å². The van der Waals surface area contributed by atoms with Crippen LogP contribution in [0, 0.1) is 5.92 Å². The van der Waals surface area contributed by atoms with Crippen LogP contribution in [-0.4, -0.2) is 41.2 Å². The Morgan fingerprint density at radius 3 is 2.90 bits per heavy atom. The quantitative estimate of drug-likeness (QED) is 0.833. The predicted octanol–water partition coefficient (Wildman–Crippen LogP) is 2.35. The molecule has 5 nitrogen and oxygen atoms in total. The van der Waals surface area contributed by atoms with E-state index < -0.39 is 0 Å². The smallest absolute Gasteiger partial charge is 0.224 e. The zero-order valence-electron chi connectivity index (χ0n) is 12.6. The molecule has 0 unspecified atom stereocenters. The number of hydrogen-bond donors (Lipinski definition) is 1. The molecule has 0 atom stereocenters. The van der Waals surface area contributed by atoms with Crippen LogP contribution in [0.15, 0.2) is 12.4 Å². The third kappa shape index (κ3) is 4.96. The van der Waals surface area contributed by atoms with Gasteiger partial charge in [-0.2, -0.15) is 5.10 Å². The normalized spacial score (nSPS) is 15.9. The molecule has 1 aromatic heterocycles. The third-order valence-electron chi connectivity index (χ3n) is 3.95. The van der Waals surface area contributed by atoms with Crippen LogP contribution in [0.25, 0.3) is 0 Å². The van der Waals surface area contributed by atoms with Gasteiger partial charge >= 0.3 is 0 Å². The highest BCUT2D eigenvalue weighted by molar-refractivity contribution is 5.90. The van der Waals surface area contributed by atoms with Crippen LogP contribution >= 0.6 is 0 Å². The highest BCUT2D eigenvalue weighted by atomic mass is 16.1. The molecule has 1 saturated carbocycles. The molecule has 0 radical (unpaired) electrons. The van der Waals surface area contributed by atoms with Crippen LogP contribution in [0.4, 0.5) is 5.69 Å². The summed E-state index contributed by atoms with van der Waals surface area (Å²) in [6, 6.07) is 0. The van der Waals surface area contributed by atoms with Gasteiger partial charge in [-0.1, -0.05) is 25.7 Å². The number of carbonyl (C=O) groups is 1. The van der Waals surface area contributed by atoms with E-state index in [0.717, 1.165) is 31.1 Å². The van der Waals surface area contributed by atoms with E-state index in [4.69, 9.17) is 0 Å². The number of likely N-dealkylation sites (N-methyl/N-ethyl adjacent to an activating group) is 1. The summed E-state index contributed by atoms with van der Waals surface area (Å²) in [5.74, 6) is 0.882. The van der Waals surface area contributed by atoms with Crippen LogP contribution < -0.4 is 5.32 Å². The molecule has 1 N–H and O–H groups in total. The van der Waals surface area contributed by atoms with Gasteiger partial charge in [-0.25, -0.2) is 0 Å². The number of nitrogens with one attached hydrogen (secondary N) is 1. The highest BCUT2D eigenvalue weighted by Crippen LogP contribution is 2.28. The molecule has 1 fully saturated rings. The van der Waals surface area contributed by atoms with E-state index in [-0.39, 0.29) is 5.91 Å². The molecule has 2 rings (SSSR count). The Hall–Kier alpha value is -1.36. The first-order chi connectivity index (χ1) is 9.63. The van der Waals surface area contributed by atoms with E-state index in [0.29, 0.717) is 6.42 Å². The third-order valence-corrected chi connectivity index (χ3v) is 3.95. The number of carbonyl (C=O) groups excluding carboxylic acids is 1. The summed E-state index contributed by atoms with van der Waals surface area (Å²) in [7, 11) is 4.07. The number of anilines is 1. The molecule has 0 spiro atoms. The first-order valence-corrected chi connectivity index (χ1v) is 7.60. The molecule has 0 saturated heterocycles. The molecule has 20 heavy (non-hydrogen) atoms. The summed E-state index contributed by atoms with van der Waals surface area (Å²) >= 11 is 0. The minimum Gasteiger partial charge on any atom is -0.323 e. The van der Waals surface area contributed by atoms with Crippen LogP contribution in [-0.2, 0) is 11.3 Å². The lowest BCUT2D eigenvalue weighted by molar-refractivity contribution is -0.116. The largest absolute Gasteiger partial charge is 0.323 e.